The minimum absolute atomic E-state index is 0.0376. The first-order chi connectivity index (χ1) is 11.7. The minimum Gasteiger partial charge on any atom is -0.356 e. The summed E-state index contributed by atoms with van der Waals surface area (Å²) in [4.78, 5) is 14.7. The molecule has 0 spiro atoms. The van der Waals surface area contributed by atoms with Gasteiger partial charge in [-0.05, 0) is 18.2 Å². The van der Waals surface area contributed by atoms with E-state index in [9.17, 15) is 4.79 Å². The Kier molecular flexibility index (Phi) is 4.21. The van der Waals surface area contributed by atoms with Crippen LogP contribution in [0.15, 0.2) is 53.1 Å². The molecule has 1 saturated heterocycles. The number of aromatic nitrogens is 1. The fraction of sp³-hybridized carbons (Fsp3) is 0.222. The molecule has 4 rings (SSSR count). The fourth-order valence-corrected chi connectivity index (χ4v) is 4.59. The molecule has 4 nitrogen and oxygen atoms in total. The molecule has 122 valence electrons. The van der Waals surface area contributed by atoms with Gasteiger partial charge in [-0.15, -0.1) is 11.8 Å². The number of amides is 1. The number of carbonyl (C=O) groups is 1. The van der Waals surface area contributed by atoms with Crippen LogP contribution in [0.4, 0.5) is 0 Å². The number of benzene rings is 2. The maximum Gasteiger partial charge on any atom is 0.229 e. The van der Waals surface area contributed by atoms with Crippen LogP contribution < -0.4 is 0 Å². The summed E-state index contributed by atoms with van der Waals surface area (Å²) in [6.45, 7) is 0.717. The average Bonchev–Trinajstić information content (AvgIpc) is 3.23. The molecule has 1 aromatic heterocycles. The first kappa shape index (κ1) is 15.5. The Morgan fingerprint density at radius 2 is 2.04 bits per heavy atom. The lowest BCUT2D eigenvalue weighted by Crippen LogP contribution is -2.31. The number of fused-ring (bicyclic) bond motifs is 1. The summed E-state index contributed by atoms with van der Waals surface area (Å²) in [5, 5.41) is 5.62. The van der Waals surface area contributed by atoms with Crippen molar-refractivity contribution < 1.29 is 9.32 Å². The van der Waals surface area contributed by atoms with E-state index in [0.29, 0.717) is 16.3 Å². The van der Waals surface area contributed by atoms with Crippen molar-refractivity contribution in [2.45, 2.75) is 11.8 Å². The highest BCUT2D eigenvalue weighted by Gasteiger charge is 2.32. The molecule has 1 atom stereocenters. The molecule has 1 aliphatic heterocycles. The first-order valence-corrected chi connectivity index (χ1v) is 9.15. The van der Waals surface area contributed by atoms with Crippen molar-refractivity contribution in [1.82, 2.24) is 10.1 Å². The van der Waals surface area contributed by atoms with Crippen LogP contribution in [-0.2, 0) is 11.2 Å². The van der Waals surface area contributed by atoms with Crippen LogP contribution in [0.2, 0.25) is 5.02 Å². The van der Waals surface area contributed by atoms with Crippen LogP contribution in [-0.4, -0.2) is 28.3 Å². The van der Waals surface area contributed by atoms with Crippen molar-refractivity contribution in [3.05, 3.63) is 64.8 Å². The zero-order chi connectivity index (χ0) is 16.5. The Bertz CT molecular complexity index is 895. The van der Waals surface area contributed by atoms with E-state index in [0.717, 1.165) is 23.2 Å². The number of hydrogen-bond donors (Lipinski definition) is 0. The van der Waals surface area contributed by atoms with Gasteiger partial charge in [-0.2, -0.15) is 0 Å². The van der Waals surface area contributed by atoms with E-state index in [1.807, 2.05) is 53.4 Å². The molecule has 2 aromatic carbocycles. The van der Waals surface area contributed by atoms with Gasteiger partial charge in [-0.3, -0.25) is 4.79 Å². The number of para-hydroxylation sites is 1. The van der Waals surface area contributed by atoms with Crippen molar-refractivity contribution in [2.24, 2.45) is 0 Å². The van der Waals surface area contributed by atoms with Crippen molar-refractivity contribution >= 4 is 40.2 Å². The number of thioether (sulfide) groups is 1. The van der Waals surface area contributed by atoms with Crippen LogP contribution in [0, 0.1) is 0 Å². The lowest BCUT2D eigenvalue weighted by atomic mass is 10.1. The lowest BCUT2D eigenvalue weighted by molar-refractivity contribution is -0.130. The Morgan fingerprint density at radius 3 is 2.92 bits per heavy atom. The van der Waals surface area contributed by atoms with Crippen LogP contribution >= 0.6 is 23.4 Å². The summed E-state index contributed by atoms with van der Waals surface area (Å²) < 4.78 is 5.30. The Morgan fingerprint density at radius 1 is 1.25 bits per heavy atom. The second-order valence-electron chi connectivity index (χ2n) is 5.63. The number of halogens is 1. The quantitative estimate of drug-likeness (QED) is 0.700. The molecular formula is C18H15ClN2O2S. The van der Waals surface area contributed by atoms with E-state index in [4.69, 9.17) is 16.1 Å². The van der Waals surface area contributed by atoms with Gasteiger partial charge in [-0.25, -0.2) is 0 Å². The average molecular weight is 359 g/mol. The number of carbonyl (C=O) groups excluding carboxylic acids is 1. The molecule has 24 heavy (non-hydrogen) atoms. The maximum absolute atomic E-state index is 12.8. The maximum atomic E-state index is 12.8. The van der Waals surface area contributed by atoms with Crippen molar-refractivity contribution in [3.63, 3.8) is 0 Å². The first-order valence-electron chi connectivity index (χ1n) is 7.73. The van der Waals surface area contributed by atoms with E-state index >= 15 is 0 Å². The predicted octanol–water partition coefficient (Wildman–Crippen LogP) is 4.30. The van der Waals surface area contributed by atoms with Gasteiger partial charge in [-0.1, -0.05) is 47.1 Å². The van der Waals surface area contributed by atoms with Crippen LogP contribution in [0.3, 0.4) is 0 Å². The zero-order valence-corrected chi connectivity index (χ0v) is 14.4. The zero-order valence-electron chi connectivity index (χ0n) is 12.8. The van der Waals surface area contributed by atoms with Crippen molar-refractivity contribution in [1.29, 1.82) is 0 Å². The predicted molar refractivity (Wildman–Crippen MR) is 96.1 cm³/mol. The molecule has 0 bridgehead atoms. The van der Waals surface area contributed by atoms with Gasteiger partial charge >= 0.3 is 0 Å². The Hall–Kier alpha value is -1.98. The van der Waals surface area contributed by atoms with E-state index in [-0.39, 0.29) is 17.7 Å². The lowest BCUT2D eigenvalue weighted by Gasteiger charge is -2.24. The summed E-state index contributed by atoms with van der Waals surface area (Å²) in [6.07, 6.45) is 0.235. The summed E-state index contributed by atoms with van der Waals surface area (Å²) >= 11 is 8.06. The largest absolute Gasteiger partial charge is 0.356 e. The van der Waals surface area contributed by atoms with Crippen molar-refractivity contribution in [3.8, 4) is 0 Å². The Balaban J connectivity index is 1.58. The molecule has 0 radical (unpaired) electrons. The summed E-state index contributed by atoms with van der Waals surface area (Å²) in [7, 11) is 0. The van der Waals surface area contributed by atoms with E-state index in [1.165, 1.54) is 0 Å². The molecule has 2 heterocycles. The third-order valence-electron chi connectivity index (χ3n) is 4.15. The number of hydrogen-bond acceptors (Lipinski definition) is 4. The summed E-state index contributed by atoms with van der Waals surface area (Å²) in [5.74, 6) is 0.949. The van der Waals surface area contributed by atoms with Gasteiger partial charge in [0.25, 0.3) is 0 Å². The van der Waals surface area contributed by atoms with Gasteiger partial charge in [0.2, 0.25) is 5.91 Å². The molecule has 0 aliphatic carbocycles. The van der Waals surface area contributed by atoms with E-state index in [1.54, 1.807) is 11.8 Å². The SMILES string of the molecule is O=C(Cc1noc2ccccc12)N1CCSC1c1ccccc1Cl. The molecular weight excluding hydrogens is 344 g/mol. The van der Waals surface area contributed by atoms with Gasteiger partial charge in [0.15, 0.2) is 5.58 Å². The van der Waals surface area contributed by atoms with E-state index < -0.39 is 0 Å². The second kappa shape index (κ2) is 6.49. The normalized spacial score (nSPS) is 17.5. The molecule has 0 saturated carbocycles. The van der Waals surface area contributed by atoms with E-state index in [2.05, 4.69) is 5.16 Å². The van der Waals surface area contributed by atoms with Crippen LogP contribution in [0.1, 0.15) is 16.6 Å². The minimum atomic E-state index is -0.0376. The highest BCUT2D eigenvalue weighted by atomic mass is 35.5. The number of nitrogens with zero attached hydrogens (tertiary/aromatic N) is 2. The van der Waals surface area contributed by atoms with Crippen molar-refractivity contribution in [2.75, 3.05) is 12.3 Å². The third kappa shape index (κ3) is 2.78. The Labute approximate surface area is 148 Å². The molecule has 1 unspecified atom stereocenters. The molecule has 1 fully saturated rings. The summed E-state index contributed by atoms with van der Waals surface area (Å²) in [6, 6.07) is 15.3. The van der Waals surface area contributed by atoms with Gasteiger partial charge in [0.1, 0.15) is 11.1 Å². The highest BCUT2D eigenvalue weighted by molar-refractivity contribution is 7.99. The molecule has 1 aliphatic rings. The molecule has 1 amide bonds. The van der Waals surface area contributed by atoms with Crippen LogP contribution in [0.5, 0.6) is 0 Å². The van der Waals surface area contributed by atoms with Gasteiger partial charge in [0.05, 0.1) is 6.42 Å². The molecule has 0 N–H and O–H groups in total. The fourth-order valence-electron chi connectivity index (χ4n) is 2.97. The second-order valence-corrected chi connectivity index (χ2v) is 7.23. The highest BCUT2D eigenvalue weighted by Crippen LogP contribution is 2.41. The van der Waals surface area contributed by atoms with Crippen LogP contribution in [0.25, 0.3) is 11.0 Å². The topological polar surface area (TPSA) is 46.3 Å². The number of rotatable bonds is 3. The smallest absolute Gasteiger partial charge is 0.229 e. The third-order valence-corrected chi connectivity index (χ3v) is 5.74. The molecule has 3 aromatic rings. The van der Waals surface area contributed by atoms with Gasteiger partial charge in [0, 0.05) is 28.3 Å². The monoisotopic (exact) mass is 358 g/mol. The van der Waals surface area contributed by atoms with Gasteiger partial charge < -0.3 is 9.42 Å². The summed E-state index contributed by atoms with van der Waals surface area (Å²) in [5.41, 5.74) is 2.38. The molecule has 6 heteroatoms. The standard InChI is InChI=1S/C18H15ClN2O2S/c19-14-7-3-1-5-12(14)18-21(9-10-24-18)17(22)11-15-13-6-2-4-8-16(13)23-20-15/h1-8,18H,9-11H2.